The molecule has 174 valence electrons. The third kappa shape index (κ3) is 5.74. The van der Waals surface area contributed by atoms with E-state index in [0.29, 0.717) is 0 Å². The van der Waals surface area contributed by atoms with Crippen LogP contribution in [0.3, 0.4) is 0 Å². The molecule has 0 unspecified atom stereocenters. The van der Waals surface area contributed by atoms with Crippen LogP contribution in [0.25, 0.3) is 28.1 Å². The van der Waals surface area contributed by atoms with E-state index in [2.05, 4.69) is 4.57 Å². The number of hydrogen-bond acceptors (Lipinski definition) is 4. The summed E-state index contributed by atoms with van der Waals surface area (Å²) >= 11 is 0. The van der Waals surface area contributed by atoms with Gasteiger partial charge in [-0.2, -0.15) is 0 Å². The molecule has 0 saturated carbocycles. The molecular weight excluding hydrogens is 425 g/mol. The van der Waals surface area contributed by atoms with Crippen LogP contribution in [0.2, 0.25) is 0 Å². The molecule has 0 bridgehead atoms. The molecule has 1 aromatic heterocycles. The highest BCUT2D eigenvalue weighted by atomic mass is 19.1. The van der Waals surface area contributed by atoms with Gasteiger partial charge in [-0.3, -0.25) is 4.79 Å². The first-order valence-electron chi connectivity index (χ1n) is 10.8. The van der Waals surface area contributed by atoms with E-state index in [0.717, 1.165) is 39.6 Å². The Kier molecular flexibility index (Phi) is 7.79. The quantitative estimate of drug-likeness (QED) is 0.396. The molecule has 2 aromatic carbocycles. The highest BCUT2D eigenvalue weighted by Crippen LogP contribution is 2.38. The van der Waals surface area contributed by atoms with Crippen molar-refractivity contribution in [3.05, 3.63) is 65.6 Å². The summed E-state index contributed by atoms with van der Waals surface area (Å²) in [6, 6.07) is 12.0. The molecule has 0 amide bonds. The van der Waals surface area contributed by atoms with Gasteiger partial charge in [-0.15, -0.1) is 0 Å². The summed E-state index contributed by atoms with van der Waals surface area (Å²) in [7, 11) is 0. The molecule has 3 rings (SSSR count). The summed E-state index contributed by atoms with van der Waals surface area (Å²) < 4.78 is 15.7. The van der Waals surface area contributed by atoms with Crippen LogP contribution in [-0.2, 0) is 16.0 Å². The third-order valence-corrected chi connectivity index (χ3v) is 5.47. The van der Waals surface area contributed by atoms with Gasteiger partial charge < -0.3 is 24.7 Å². The van der Waals surface area contributed by atoms with Crippen LogP contribution in [0.1, 0.15) is 44.0 Å². The SMILES string of the molecule is CC(C)n1c(/C=C/[C@@H](O)C[C@@H](O)CC(=O)O)c(-c2ccc(F)cc2)c2cc(CC=O)ccc21. The molecule has 3 N–H and O–H groups in total. The predicted octanol–water partition coefficient (Wildman–Crippen LogP) is 4.37. The lowest BCUT2D eigenvalue weighted by Gasteiger charge is -2.15. The van der Waals surface area contributed by atoms with Crippen molar-refractivity contribution in [3.8, 4) is 11.1 Å². The van der Waals surface area contributed by atoms with Crippen molar-refractivity contribution in [3.63, 3.8) is 0 Å². The number of benzene rings is 2. The van der Waals surface area contributed by atoms with Crippen molar-refractivity contribution >= 4 is 29.2 Å². The van der Waals surface area contributed by atoms with Gasteiger partial charge in [0.15, 0.2) is 0 Å². The molecular formula is C26H28FNO5. The molecule has 0 aliphatic rings. The zero-order valence-electron chi connectivity index (χ0n) is 18.6. The van der Waals surface area contributed by atoms with Crippen molar-refractivity contribution in [2.75, 3.05) is 0 Å². The fourth-order valence-electron chi connectivity index (χ4n) is 4.09. The van der Waals surface area contributed by atoms with E-state index < -0.39 is 24.6 Å². The Bertz CT molecular complexity index is 1160. The van der Waals surface area contributed by atoms with Crippen molar-refractivity contribution in [1.82, 2.24) is 4.57 Å². The number of carboxylic acid groups (broad SMARTS) is 1. The van der Waals surface area contributed by atoms with Crippen LogP contribution in [0.5, 0.6) is 0 Å². The summed E-state index contributed by atoms with van der Waals surface area (Å²) in [6.45, 7) is 4.05. The zero-order valence-corrected chi connectivity index (χ0v) is 18.6. The van der Waals surface area contributed by atoms with Crippen molar-refractivity contribution in [1.29, 1.82) is 0 Å². The summed E-state index contributed by atoms with van der Waals surface area (Å²) in [4.78, 5) is 21.9. The number of fused-ring (bicyclic) bond motifs is 1. The summed E-state index contributed by atoms with van der Waals surface area (Å²) in [5, 5.41) is 29.9. The number of aliphatic carboxylic acids is 1. The number of halogens is 1. The van der Waals surface area contributed by atoms with Crippen molar-refractivity contribution < 1.29 is 29.3 Å². The Morgan fingerprint density at radius 1 is 1.12 bits per heavy atom. The van der Waals surface area contributed by atoms with Crippen LogP contribution in [0, 0.1) is 5.82 Å². The number of carbonyl (C=O) groups is 2. The van der Waals surface area contributed by atoms with E-state index in [4.69, 9.17) is 5.11 Å². The van der Waals surface area contributed by atoms with E-state index in [1.54, 1.807) is 18.2 Å². The number of carbonyl (C=O) groups excluding carboxylic acids is 1. The maximum Gasteiger partial charge on any atom is 0.305 e. The standard InChI is InChI=1S/C26H28FNO5/c1-16(2)28-23-9-3-17(11-12-29)13-22(23)26(18-4-6-19(27)7-5-18)24(28)10-8-20(30)14-21(31)15-25(32)33/h3-10,12-13,16,20-21,30-31H,11,14-15H2,1-2H3,(H,32,33)/b10-8+/t20-,21-/m1/s1. The number of rotatable bonds is 10. The van der Waals surface area contributed by atoms with Gasteiger partial charge in [0.1, 0.15) is 12.1 Å². The fourth-order valence-corrected chi connectivity index (χ4v) is 4.09. The highest BCUT2D eigenvalue weighted by molar-refractivity contribution is 6.01. The number of nitrogens with zero attached hydrogens (tertiary/aromatic N) is 1. The van der Waals surface area contributed by atoms with E-state index in [9.17, 15) is 24.2 Å². The molecule has 0 aliphatic carbocycles. The highest BCUT2D eigenvalue weighted by Gasteiger charge is 2.20. The molecule has 0 spiro atoms. The smallest absolute Gasteiger partial charge is 0.305 e. The first-order valence-corrected chi connectivity index (χ1v) is 10.8. The maximum atomic E-state index is 13.6. The summed E-state index contributed by atoms with van der Waals surface area (Å²) in [5.41, 5.74) is 4.18. The fraction of sp³-hybridized carbons (Fsp3) is 0.308. The van der Waals surface area contributed by atoms with Crippen LogP contribution in [0.4, 0.5) is 4.39 Å². The van der Waals surface area contributed by atoms with E-state index in [-0.39, 0.29) is 24.7 Å². The van der Waals surface area contributed by atoms with Gasteiger partial charge in [-0.1, -0.05) is 24.3 Å². The van der Waals surface area contributed by atoms with E-state index in [1.807, 2.05) is 32.0 Å². The number of aromatic nitrogens is 1. The van der Waals surface area contributed by atoms with Crippen LogP contribution in [0.15, 0.2) is 48.5 Å². The predicted molar refractivity (Wildman–Crippen MR) is 125 cm³/mol. The number of hydrogen-bond donors (Lipinski definition) is 3. The zero-order chi connectivity index (χ0) is 24.1. The normalized spacial score (nSPS) is 13.6. The Hall–Kier alpha value is -3.29. The lowest BCUT2D eigenvalue weighted by atomic mass is 9.99. The topological polar surface area (TPSA) is 99.8 Å². The molecule has 33 heavy (non-hydrogen) atoms. The molecule has 0 saturated heterocycles. The van der Waals surface area contributed by atoms with E-state index in [1.165, 1.54) is 18.2 Å². The maximum absolute atomic E-state index is 13.6. The van der Waals surface area contributed by atoms with Crippen LogP contribution >= 0.6 is 0 Å². The Morgan fingerprint density at radius 2 is 1.82 bits per heavy atom. The minimum atomic E-state index is -1.17. The Morgan fingerprint density at radius 3 is 2.42 bits per heavy atom. The average Bonchev–Trinajstić information content (AvgIpc) is 3.06. The monoisotopic (exact) mass is 453 g/mol. The van der Waals surface area contributed by atoms with Crippen molar-refractivity contribution in [2.24, 2.45) is 0 Å². The van der Waals surface area contributed by atoms with Gasteiger partial charge in [-0.05, 0) is 55.3 Å². The summed E-state index contributed by atoms with van der Waals surface area (Å²) in [5.74, 6) is -1.49. The number of aliphatic hydroxyl groups is 2. The van der Waals surface area contributed by atoms with Crippen molar-refractivity contribution in [2.45, 2.75) is 51.4 Å². The molecule has 6 nitrogen and oxygen atoms in total. The Balaban J connectivity index is 2.15. The minimum Gasteiger partial charge on any atom is -0.481 e. The first kappa shape index (κ1) is 24.4. The van der Waals surface area contributed by atoms with Gasteiger partial charge >= 0.3 is 5.97 Å². The second kappa shape index (κ2) is 10.6. The van der Waals surface area contributed by atoms with E-state index >= 15 is 0 Å². The molecule has 0 aliphatic heterocycles. The minimum absolute atomic E-state index is 0.0491. The number of carboxylic acids is 1. The largest absolute Gasteiger partial charge is 0.481 e. The van der Waals surface area contributed by atoms with Crippen LogP contribution < -0.4 is 0 Å². The molecule has 0 fully saturated rings. The Labute approximate surface area is 191 Å². The lowest BCUT2D eigenvalue weighted by Crippen LogP contribution is -2.19. The lowest BCUT2D eigenvalue weighted by molar-refractivity contribution is -0.139. The van der Waals surface area contributed by atoms with Gasteiger partial charge in [0, 0.05) is 41.0 Å². The van der Waals surface area contributed by atoms with Gasteiger partial charge in [-0.25, -0.2) is 4.39 Å². The second-order valence-electron chi connectivity index (χ2n) is 8.37. The van der Waals surface area contributed by atoms with Gasteiger partial charge in [0.05, 0.1) is 18.6 Å². The average molecular weight is 454 g/mol. The molecule has 0 radical (unpaired) electrons. The number of aldehydes is 1. The second-order valence-corrected chi connectivity index (χ2v) is 8.37. The molecule has 1 heterocycles. The molecule has 2 atom stereocenters. The summed E-state index contributed by atoms with van der Waals surface area (Å²) in [6.07, 6.45) is 1.62. The molecule has 3 aromatic rings. The van der Waals surface area contributed by atoms with Gasteiger partial charge in [0.25, 0.3) is 0 Å². The van der Waals surface area contributed by atoms with Crippen LogP contribution in [-0.4, -0.2) is 44.4 Å². The number of aliphatic hydroxyl groups excluding tert-OH is 2. The molecule has 7 heteroatoms. The first-order chi connectivity index (χ1) is 15.7. The van der Waals surface area contributed by atoms with Gasteiger partial charge in [0.2, 0.25) is 0 Å². The third-order valence-electron chi connectivity index (χ3n) is 5.47.